The van der Waals surface area contributed by atoms with Crippen LogP contribution in [0.15, 0.2) is 74.2 Å². The summed E-state index contributed by atoms with van der Waals surface area (Å²) in [5, 5.41) is 6.02. The van der Waals surface area contributed by atoms with Crippen molar-refractivity contribution in [3.05, 3.63) is 81.0 Å². The molecule has 0 aliphatic carbocycles. The minimum absolute atomic E-state index is 0.239. The Bertz CT molecular complexity index is 1240. The second kappa shape index (κ2) is 8.53. The molecule has 8 heteroatoms. The Kier molecular flexibility index (Phi) is 5.80. The molecule has 0 bridgehead atoms. The summed E-state index contributed by atoms with van der Waals surface area (Å²) in [4.78, 5) is 24.8. The van der Waals surface area contributed by atoms with E-state index in [-0.39, 0.29) is 11.5 Å². The van der Waals surface area contributed by atoms with E-state index in [1.807, 2.05) is 24.3 Å². The topological polar surface area (TPSA) is 72.1 Å². The second-order valence-electron chi connectivity index (χ2n) is 6.73. The molecule has 0 saturated carbocycles. The number of hydrogen-bond acceptors (Lipinski definition) is 5. The van der Waals surface area contributed by atoms with Gasteiger partial charge in [0.25, 0.3) is 5.91 Å². The summed E-state index contributed by atoms with van der Waals surface area (Å²) in [6.07, 6.45) is 1.65. The van der Waals surface area contributed by atoms with Crippen molar-refractivity contribution < 1.29 is 18.7 Å². The summed E-state index contributed by atoms with van der Waals surface area (Å²) in [5.41, 5.74) is 2.61. The number of amides is 1. The maximum atomic E-state index is 12.9. The Morgan fingerprint density at radius 2 is 1.90 bits per heavy atom. The van der Waals surface area contributed by atoms with Crippen LogP contribution in [0.2, 0.25) is 5.02 Å². The second-order valence-corrected chi connectivity index (χ2v) is 8.05. The molecule has 2 aromatic carbocycles. The van der Waals surface area contributed by atoms with Crippen LogP contribution in [0.3, 0.4) is 0 Å². The van der Waals surface area contributed by atoms with Gasteiger partial charge in [0.2, 0.25) is 0 Å². The van der Waals surface area contributed by atoms with Crippen molar-refractivity contribution >= 4 is 56.9 Å². The third-order valence-corrected chi connectivity index (χ3v) is 5.56. The maximum Gasteiger partial charge on any atom is 0.339 e. The zero-order valence-corrected chi connectivity index (χ0v) is 18.9. The van der Waals surface area contributed by atoms with Crippen LogP contribution in [0.4, 0.5) is 5.69 Å². The van der Waals surface area contributed by atoms with Crippen molar-refractivity contribution in [1.29, 1.82) is 0 Å². The number of halogens is 2. The Morgan fingerprint density at radius 3 is 2.61 bits per heavy atom. The van der Waals surface area contributed by atoms with Gasteiger partial charge in [-0.3, -0.25) is 4.79 Å². The number of ether oxygens (including phenoxy) is 1. The minimum Gasteiger partial charge on any atom is -0.465 e. The van der Waals surface area contributed by atoms with E-state index in [9.17, 15) is 9.59 Å². The molecule has 0 N–H and O–H groups in total. The zero-order chi connectivity index (χ0) is 22.1. The number of nitrogens with zero attached hydrogens (tertiary/aromatic N) is 2. The maximum absolute atomic E-state index is 12.9. The Hall–Kier alpha value is -3.16. The highest BCUT2D eigenvalue weighted by Gasteiger charge is 2.29. The number of hydrazone groups is 1. The normalized spacial score (nSPS) is 14.8. The lowest BCUT2D eigenvalue weighted by molar-refractivity contribution is -0.114. The van der Waals surface area contributed by atoms with E-state index in [0.717, 1.165) is 4.47 Å². The van der Waals surface area contributed by atoms with E-state index >= 15 is 0 Å². The summed E-state index contributed by atoms with van der Waals surface area (Å²) in [6, 6.07) is 15.8. The molecule has 156 valence electrons. The summed E-state index contributed by atoms with van der Waals surface area (Å²) in [5.74, 6) is 0.244. The highest BCUT2D eigenvalue weighted by atomic mass is 79.9. The van der Waals surface area contributed by atoms with Gasteiger partial charge >= 0.3 is 5.97 Å². The Labute approximate surface area is 191 Å². The largest absolute Gasteiger partial charge is 0.465 e. The summed E-state index contributed by atoms with van der Waals surface area (Å²) in [7, 11) is 1.29. The zero-order valence-electron chi connectivity index (χ0n) is 16.6. The van der Waals surface area contributed by atoms with Gasteiger partial charge in [0.1, 0.15) is 11.5 Å². The molecule has 0 saturated heterocycles. The molecule has 0 spiro atoms. The number of carbonyl (C=O) groups is 2. The fourth-order valence-electron chi connectivity index (χ4n) is 3.11. The van der Waals surface area contributed by atoms with Crippen molar-refractivity contribution in [3.63, 3.8) is 0 Å². The lowest BCUT2D eigenvalue weighted by Gasteiger charge is -2.11. The highest BCUT2D eigenvalue weighted by Crippen LogP contribution is 2.30. The average molecular weight is 500 g/mol. The van der Waals surface area contributed by atoms with E-state index in [0.29, 0.717) is 39.1 Å². The number of anilines is 1. The fourth-order valence-corrected chi connectivity index (χ4v) is 3.57. The molecule has 1 aromatic heterocycles. The highest BCUT2D eigenvalue weighted by molar-refractivity contribution is 9.10. The molecule has 4 rings (SSSR count). The van der Waals surface area contributed by atoms with Gasteiger partial charge in [-0.15, -0.1) is 0 Å². The van der Waals surface area contributed by atoms with Gasteiger partial charge in [-0.1, -0.05) is 27.5 Å². The number of hydrogen-bond donors (Lipinski definition) is 0. The van der Waals surface area contributed by atoms with E-state index in [1.165, 1.54) is 12.1 Å². The van der Waals surface area contributed by atoms with Gasteiger partial charge in [-0.25, -0.2) is 4.79 Å². The molecule has 0 radical (unpaired) electrons. The van der Waals surface area contributed by atoms with Gasteiger partial charge in [-0.05, 0) is 67.6 Å². The van der Waals surface area contributed by atoms with Gasteiger partial charge in [0, 0.05) is 10.0 Å². The van der Waals surface area contributed by atoms with Crippen molar-refractivity contribution in [2.24, 2.45) is 5.10 Å². The molecular weight excluding hydrogens is 484 g/mol. The average Bonchev–Trinajstić information content (AvgIpc) is 3.34. The van der Waals surface area contributed by atoms with Crippen LogP contribution in [0.25, 0.3) is 17.4 Å². The van der Waals surface area contributed by atoms with Crippen LogP contribution in [0, 0.1) is 0 Å². The lowest BCUT2D eigenvalue weighted by atomic mass is 10.1. The summed E-state index contributed by atoms with van der Waals surface area (Å²) < 4.78 is 11.6. The van der Waals surface area contributed by atoms with Crippen LogP contribution >= 0.6 is 27.5 Å². The van der Waals surface area contributed by atoms with Crippen LogP contribution in [-0.2, 0) is 9.53 Å². The predicted molar refractivity (Wildman–Crippen MR) is 123 cm³/mol. The number of furan rings is 1. The van der Waals surface area contributed by atoms with Crippen LogP contribution in [0.1, 0.15) is 23.0 Å². The van der Waals surface area contributed by atoms with Crippen molar-refractivity contribution in [3.8, 4) is 11.3 Å². The first-order chi connectivity index (χ1) is 14.9. The summed E-state index contributed by atoms with van der Waals surface area (Å²) >= 11 is 9.46. The Morgan fingerprint density at radius 1 is 1.16 bits per heavy atom. The molecule has 1 aliphatic rings. The molecule has 0 atom stereocenters. The molecular formula is C23H16BrClN2O4. The predicted octanol–water partition coefficient (Wildman–Crippen LogP) is 5.96. The van der Waals surface area contributed by atoms with E-state index in [2.05, 4.69) is 21.0 Å². The van der Waals surface area contributed by atoms with Gasteiger partial charge in [-0.2, -0.15) is 10.1 Å². The molecule has 6 nitrogen and oxygen atoms in total. The quantitative estimate of drug-likeness (QED) is 0.328. The lowest BCUT2D eigenvalue weighted by Crippen LogP contribution is -2.21. The van der Waals surface area contributed by atoms with Crippen molar-refractivity contribution in [2.45, 2.75) is 6.92 Å². The number of rotatable bonds is 4. The van der Waals surface area contributed by atoms with E-state index in [1.54, 1.807) is 43.3 Å². The van der Waals surface area contributed by atoms with E-state index < -0.39 is 5.97 Å². The minimum atomic E-state index is -0.530. The van der Waals surface area contributed by atoms with Crippen molar-refractivity contribution in [1.82, 2.24) is 0 Å². The third kappa shape index (κ3) is 4.19. The van der Waals surface area contributed by atoms with Gasteiger partial charge in [0.15, 0.2) is 0 Å². The van der Waals surface area contributed by atoms with Crippen LogP contribution < -0.4 is 5.01 Å². The molecule has 31 heavy (non-hydrogen) atoms. The first-order valence-electron chi connectivity index (χ1n) is 9.23. The summed E-state index contributed by atoms with van der Waals surface area (Å²) in [6.45, 7) is 1.77. The molecule has 3 aromatic rings. The smallest absolute Gasteiger partial charge is 0.339 e. The fraction of sp³-hybridized carbons (Fsp3) is 0.0870. The molecule has 0 unspecified atom stereocenters. The third-order valence-electron chi connectivity index (χ3n) is 4.70. The standard InChI is InChI=1S/C23H16BrClN2O4/c1-13-18(22(28)27(26-13)16-6-4-15(24)5-7-16)12-17-8-10-21(31-17)14-3-9-20(25)19(11-14)23(29)30-2/h3-12H,1-2H3/b18-12-. The first-order valence-corrected chi connectivity index (χ1v) is 10.4. The number of carbonyl (C=O) groups excluding carboxylic acids is 2. The SMILES string of the molecule is COC(=O)c1cc(-c2ccc(/C=C3\C(=O)N(c4ccc(Br)cc4)N=C3C)o2)ccc1Cl. The van der Waals surface area contributed by atoms with E-state index in [4.69, 9.17) is 20.8 Å². The van der Waals surface area contributed by atoms with Crippen molar-refractivity contribution in [2.75, 3.05) is 12.1 Å². The molecule has 0 fully saturated rings. The van der Waals surface area contributed by atoms with Crippen LogP contribution in [-0.4, -0.2) is 24.7 Å². The first kappa shape index (κ1) is 21.1. The number of methoxy groups -OCH3 is 1. The molecule has 2 heterocycles. The molecule has 1 amide bonds. The Balaban J connectivity index is 1.62. The monoisotopic (exact) mass is 498 g/mol. The molecule has 1 aliphatic heterocycles. The number of esters is 1. The van der Waals surface area contributed by atoms with Gasteiger partial charge < -0.3 is 9.15 Å². The van der Waals surface area contributed by atoms with Crippen LogP contribution in [0.5, 0.6) is 0 Å². The van der Waals surface area contributed by atoms with Gasteiger partial charge in [0.05, 0.1) is 34.7 Å². The number of benzene rings is 2.